The van der Waals surface area contributed by atoms with Crippen LogP contribution in [0.1, 0.15) is 15.9 Å². The highest BCUT2D eigenvalue weighted by atomic mass is 35.5. The molecule has 2 aromatic rings. The molecule has 0 unspecified atom stereocenters. The number of hydrazone groups is 1. The topological polar surface area (TPSA) is 134 Å². The first-order valence-electron chi connectivity index (χ1n) is 6.70. The van der Waals surface area contributed by atoms with Gasteiger partial charge in [-0.15, -0.1) is 0 Å². The van der Waals surface area contributed by atoms with Crippen molar-refractivity contribution in [2.75, 3.05) is 12.5 Å². The molecule has 0 aliphatic heterocycles. The molecule has 0 aliphatic carbocycles. The third kappa shape index (κ3) is 4.15. The molecule has 0 aromatic heterocycles. The summed E-state index contributed by atoms with van der Waals surface area (Å²) < 4.78 is 4.88. The first-order chi connectivity index (χ1) is 11.8. The van der Waals surface area contributed by atoms with Gasteiger partial charge in [0.1, 0.15) is 0 Å². The zero-order valence-corrected chi connectivity index (χ0v) is 13.5. The lowest BCUT2D eigenvalue weighted by molar-refractivity contribution is -0.386. The Bertz CT molecular complexity index is 869. The van der Waals surface area contributed by atoms with Crippen molar-refractivity contribution in [3.63, 3.8) is 0 Å². The summed E-state index contributed by atoms with van der Waals surface area (Å²) in [6.45, 7) is 0. The van der Waals surface area contributed by atoms with E-state index in [1.54, 1.807) is 0 Å². The zero-order chi connectivity index (χ0) is 18.6. The number of nitrogens with zero attached hydrogens (tertiary/aromatic N) is 2. The second kappa shape index (κ2) is 7.49. The number of methoxy groups -OCH3 is 1. The molecule has 0 fully saturated rings. The Morgan fingerprint density at radius 1 is 1.40 bits per heavy atom. The zero-order valence-electron chi connectivity index (χ0n) is 12.8. The number of nitro benzene ring substituents is 1. The van der Waals surface area contributed by atoms with Crippen molar-refractivity contribution >= 4 is 35.2 Å². The number of halogens is 1. The number of nitrogens with one attached hydrogen (secondary N) is 1. The molecule has 0 bridgehead atoms. The second-order valence-electron chi connectivity index (χ2n) is 4.72. The van der Waals surface area contributed by atoms with Crippen molar-refractivity contribution in [3.8, 4) is 11.5 Å². The van der Waals surface area contributed by atoms with E-state index in [1.807, 2.05) is 0 Å². The average molecular weight is 366 g/mol. The van der Waals surface area contributed by atoms with Crippen LogP contribution in [0.25, 0.3) is 0 Å². The molecule has 0 saturated heterocycles. The van der Waals surface area contributed by atoms with Crippen LogP contribution in [-0.2, 0) is 0 Å². The normalized spacial score (nSPS) is 10.6. The predicted octanol–water partition coefficient (Wildman–Crippen LogP) is 3.11. The number of anilines is 1. The van der Waals surface area contributed by atoms with Crippen molar-refractivity contribution in [3.05, 3.63) is 56.6 Å². The van der Waals surface area contributed by atoms with Crippen LogP contribution in [0.3, 0.4) is 0 Å². The van der Waals surface area contributed by atoms with Crippen molar-refractivity contribution in [1.82, 2.24) is 0 Å². The molecule has 0 aliphatic rings. The molecule has 2 aromatic carbocycles. The van der Waals surface area contributed by atoms with Crippen LogP contribution in [0.2, 0.25) is 5.02 Å². The Kier molecular flexibility index (Phi) is 5.40. The highest BCUT2D eigenvalue weighted by Gasteiger charge is 2.19. The summed E-state index contributed by atoms with van der Waals surface area (Å²) in [7, 11) is 1.26. The van der Waals surface area contributed by atoms with Crippen molar-refractivity contribution in [2.45, 2.75) is 0 Å². The van der Waals surface area contributed by atoms with Gasteiger partial charge in [0.05, 0.1) is 34.5 Å². The monoisotopic (exact) mass is 365 g/mol. The van der Waals surface area contributed by atoms with E-state index < -0.39 is 22.3 Å². The Labute approximate surface area is 146 Å². The summed E-state index contributed by atoms with van der Waals surface area (Å²) in [5, 5.41) is 33.6. The number of hydrogen-bond donors (Lipinski definition) is 3. The van der Waals surface area contributed by atoms with Crippen LogP contribution >= 0.6 is 11.6 Å². The number of ether oxygens (including phenoxy) is 1. The standard InChI is InChI=1S/C15H12ClN3O6/c1-25-13-5-8(4-12(14(13)20)19(23)24)7-17-18-9-2-3-11(16)10(6-9)15(21)22/h2-7,18,20H,1H3,(H,21,22)/b17-7-. The quantitative estimate of drug-likeness (QED) is 0.406. The maximum absolute atomic E-state index is 11.0. The molecule has 2 rings (SSSR count). The lowest BCUT2D eigenvalue weighted by Crippen LogP contribution is -1.99. The van der Waals surface area contributed by atoms with Gasteiger partial charge in [-0.05, 0) is 24.3 Å². The van der Waals surface area contributed by atoms with Gasteiger partial charge >= 0.3 is 11.7 Å². The van der Waals surface area contributed by atoms with E-state index in [2.05, 4.69) is 10.5 Å². The Morgan fingerprint density at radius 3 is 2.72 bits per heavy atom. The summed E-state index contributed by atoms with van der Waals surface area (Å²) in [4.78, 5) is 21.2. The number of phenols is 1. The molecule has 0 spiro atoms. The third-order valence-electron chi connectivity index (χ3n) is 3.10. The van der Waals surface area contributed by atoms with Gasteiger partial charge in [0.25, 0.3) is 0 Å². The van der Waals surface area contributed by atoms with Crippen LogP contribution in [0.4, 0.5) is 11.4 Å². The lowest BCUT2D eigenvalue weighted by Gasteiger charge is -2.06. The van der Waals surface area contributed by atoms with Crippen LogP contribution in [0.5, 0.6) is 11.5 Å². The molecular formula is C15H12ClN3O6. The van der Waals surface area contributed by atoms with E-state index in [0.717, 1.165) is 6.07 Å². The molecule has 130 valence electrons. The number of rotatable bonds is 6. The SMILES string of the molecule is COc1cc(/C=N\Nc2ccc(Cl)c(C(=O)O)c2)cc([N+](=O)[O-])c1O. The van der Waals surface area contributed by atoms with Crippen LogP contribution in [0, 0.1) is 10.1 Å². The largest absolute Gasteiger partial charge is 0.500 e. The van der Waals surface area contributed by atoms with Gasteiger partial charge in [-0.3, -0.25) is 15.5 Å². The minimum Gasteiger partial charge on any atom is -0.500 e. The maximum Gasteiger partial charge on any atom is 0.337 e. The van der Waals surface area contributed by atoms with Crippen molar-refractivity contribution in [1.29, 1.82) is 0 Å². The first kappa shape index (κ1) is 18.0. The molecule has 0 radical (unpaired) electrons. The van der Waals surface area contributed by atoms with Gasteiger partial charge in [-0.1, -0.05) is 11.6 Å². The van der Waals surface area contributed by atoms with E-state index in [1.165, 1.54) is 37.6 Å². The van der Waals surface area contributed by atoms with Gasteiger partial charge in [0, 0.05) is 11.6 Å². The summed E-state index contributed by atoms with van der Waals surface area (Å²) in [6, 6.07) is 6.69. The highest BCUT2D eigenvalue weighted by Crippen LogP contribution is 2.36. The number of nitro groups is 1. The van der Waals surface area contributed by atoms with E-state index in [0.29, 0.717) is 11.3 Å². The number of carboxylic acid groups (broad SMARTS) is 1. The third-order valence-corrected chi connectivity index (χ3v) is 3.43. The predicted molar refractivity (Wildman–Crippen MR) is 90.9 cm³/mol. The highest BCUT2D eigenvalue weighted by molar-refractivity contribution is 6.33. The van der Waals surface area contributed by atoms with Crippen molar-refractivity contribution < 1.29 is 24.7 Å². The van der Waals surface area contributed by atoms with Gasteiger partial charge in [-0.2, -0.15) is 5.10 Å². The molecular weight excluding hydrogens is 354 g/mol. The fourth-order valence-electron chi connectivity index (χ4n) is 1.92. The summed E-state index contributed by atoms with van der Waals surface area (Å²) in [6.07, 6.45) is 1.25. The van der Waals surface area contributed by atoms with Crippen molar-refractivity contribution in [2.24, 2.45) is 5.10 Å². The number of hydrogen-bond acceptors (Lipinski definition) is 7. The molecule has 0 saturated carbocycles. The van der Waals surface area contributed by atoms with Gasteiger partial charge < -0.3 is 14.9 Å². The molecule has 0 atom stereocenters. The summed E-state index contributed by atoms with van der Waals surface area (Å²) >= 11 is 5.77. The smallest absolute Gasteiger partial charge is 0.337 e. The summed E-state index contributed by atoms with van der Waals surface area (Å²) in [5.41, 5.74) is 2.62. The van der Waals surface area contributed by atoms with Gasteiger partial charge in [0.15, 0.2) is 5.75 Å². The fraction of sp³-hybridized carbons (Fsp3) is 0.0667. The molecule has 25 heavy (non-hydrogen) atoms. The number of carbonyl (C=O) groups is 1. The number of benzene rings is 2. The van der Waals surface area contributed by atoms with E-state index in [4.69, 9.17) is 21.4 Å². The Hall–Kier alpha value is -3.33. The maximum atomic E-state index is 11.0. The second-order valence-corrected chi connectivity index (χ2v) is 5.12. The molecule has 0 amide bonds. The van der Waals surface area contributed by atoms with E-state index in [-0.39, 0.29) is 16.3 Å². The first-order valence-corrected chi connectivity index (χ1v) is 7.08. The van der Waals surface area contributed by atoms with Crippen LogP contribution in [0.15, 0.2) is 35.4 Å². The lowest BCUT2D eigenvalue weighted by atomic mass is 10.2. The molecule has 9 nitrogen and oxygen atoms in total. The van der Waals surface area contributed by atoms with Gasteiger partial charge in [0.2, 0.25) is 5.75 Å². The number of aromatic carboxylic acids is 1. The number of phenolic OH excluding ortho intramolecular Hbond substituents is 1. The fourth-order valence-corrected chi connectivity index (χ4v) is 2.12. The van der Waals surface area contributed by atoms with Gasteiger partial charge in [-0.25, -0.2) is 4.79 Å². The minimum absolute atomic E-state index is 0.0738. The Morgan fingerprint density at radius 2 is 2.12 bits per heavy atom. The molecule has 10 heteroatoms. The van der Waals surface area contributed by atoms with E-state index in [9.17, 15) is 20.0 Å². The molecule has 0 heterocycles. The van der Waals surface area contributed by atoms with E-state index >= 15 is 0 Å². The summed E-state index contributed by atoms with van der Waals surface area (Å²) in [5.74, 6) is -1.84. The van der Waals surface area contributed by atoms with Crippen LogP contribution < -0.4 is 10.2 Å². The number of carboxylic acids is 1. The molecule has 3 N–H and O–H groups in total. The number of aromatic hydroxyl groups is 1. The van der Waals surface area contributed by atoms with Crippen LogP contribution in [-0.4, -0.2) is 34.4 Å². The minimum atomic E-state index is -1.18. The average Bonchev–Trinajstić information content (AvgIpc) is 2.57. The Balaban J connectivity index is 2.25.